The van der Waals surface area contributed by atoms with Gasteiger partial charge in [0.1, 0.15) is 5.75 Å². The van der Waals surface area contributed by atoms with Crippen LogP contribution in [0.1, 0.15) is 17.3 Å². The molecule has 2 rings (SSSR count). The Morgan fingerprint density at radius 2 is 2.36 bits per heavy atom. The summed E-state index contributed by atoms with van der Waals surface area (Å²) in [5.41, 5.74) is 1.39. The van der Waals surface area contributed by atoms with Gasteiger partial charge in [0, 0.05) is 12.3 Å². The first kappa shape index (κ1) is 8.74. The highest BCUT2D eigenvalue weighted by atomic mass is 16.5. The van der Waals surface area contributed by atoms with Gasteiger partial charge in [-0.25, -0.2) is 4.52 Å². The van der Waals surface area contributed by atoms with Gasteiger partial charge in [0.25, 0.3) is 0 Å². The van der Waals surface area contributed by atoms with Gasteiger partial charge in [-0.2, -0.15) is 5.10 Å². The quantitative estimate of drug-likeness (QED) is 0.675. The van der Waals surface area contributed by atoms with E-state index in [9.17, 15) is 4.79 Å². The zero-order valence-corrected chi connectivity index (χ0v) is 8.02. The van der Waals surface area contributed by atoms with Crippen LogP contribution in [0.4, 0.5) is 0 Å². The molecule has 4 heteroatoms. The lowest BCUT2D eigenvalue weighted by Crippen LogP contribution is -1.92. The highest BCUT2D eigenvalue weighted by molar-refractivity contribution is 6.00. The third-order valence-electron chi connectivity index (χ3n) is 2.11. The molecule has 0 saturated heterocycles. The number of pyridine rings is 1. The Bertz CT molecular complexity index is 488. The highest BCUT2D eigenvalue weighted by Crippen LogP contribution is 2.17. The summed E-state index contributed by atoms with van der Waals surface area (Å²) in [6.07, 6.45) is 3.33. The van der Waals surface area contributed by atoms with Crippen LogP contribution in [0, 0.1) is 0 Å². The van der Waals surface area contributed by atoms with Crippen molar-refractivity contribution in [2.24, 2.45) is 0 Å². The number of nitrogens with zero attached hydrogens (tertiary/aromatic N) is 2. The molecule has 0 aromatic carbocycles. The molecule has 2 aromatic heterocycles. The molecule has 0 unspecified atom stereocenters. The van der Waals surface area contributed by atoms with E-state index in [1.54, 1.807) is 36.2 Å². The smallest absolute Gasteiger partial charge is 0.163 e. The van der Waals surface area contributed by atoms with Crippen molar-refractivity contribution >= 4 is 11.3 Å². The van der Waals surface area contributed by atoms with Crippen molar-refractivity contribution in [2.75, 3.05) is 7.11 Å². The van der Waals surface area contributed by atoms with Crippen molar-refractivity contribution in [3.63, 3.8) is 0 Å². The molecule has 0 amide bonds. The van der Waals surface area contributed by atoms with Crippen LogP contribution in [0.25, 0.3) is 5.52 Å². The number of carbonyl (C=O) groups is 1. The number of Topliss-reactive ketones (excluding diaryl/α,β-unsaturated/α-hetero) is 1. The average molecular weight is 190 g/mol. The number of carbonyl (C=O) groups excluding carboxylic acids is 1. The monoisotopic (exact) mass is 190 g/mol. The van der Waals surface area contributed by atoms with Crippen LogP contribution in [0.3, 0.4) is 0 Å². The Morgan fingerprint density at radius 3 is 3.00 bits per heavy atom. The summed E-state index contributed by atoms with van der Waals surface area (Å²) in [4.78, 5) is 11.2. The van der Waals surface area contributed by atoms with Crippen LogP contribution < -0.4 is 4.74 Å². The summed E-state index contributed by atoms with van der Waals surface area (Å²) in [6, 6.07) is 3.59. The van der Waals surface area contributed by atoms with Crippen molar-refractivity contribution in [3.05, 3.63) is 30.1 Å². The van der Waals surface area contributed by atoms with E-state index >= 15 is 0 Å². The molecule has 4 nitrogen and oxygen atoms in total. The lowest BCUT2D eigenvalue weighted by atomic mass is 10.2. The molecule has 0 bridgehead atoms. The van der Waals surface area contributed by atoms with E-state index < -0.39 is 0 Å². The molecular weight excluding hydrogens is 180 g/mol. The molecule has 0 aliphatic carbocycles. The fourth-order valence-electron chi connectivity index (χ4n) is 1.36. The van der Waals surface area contributed by atoms with E-state index in [1.165, 1.54) is 6.92 Å². The average Bonchev–Trinajstić information content (AvgIpc) is 2.59. The molecule has 0 aliphatic heterocycles. The predicted octanol–water partition coefficient (Wildman–Crippen LogP) is 1.55. The summed E-state index contributed by atoms with van der Waals surface area (Å²) < 4.78 is 6.73. The standard InChI is InChI=1S/C10H10N2O2/c1-7(13)9-6-11-12-4-3-8(14-2)5-10(9)12/h3-6H,1-2H3. The van der Waals surface area contributed by atoms with Crippen molar-refractivity contribution in [1.82, 2.24) is 9.61 Å². The van der Waals surface area contributed by atoms with Gasteiger partial charge in [0.05, 0.1) is 24.4 Å². The zero-order valence-electron chi connectivity index (χ0n) is 8.02. The maximum atomic E-state index is 11.2. The molecule has 0 fully saturated rings. The van der Waals surface area contributed by atoms with Gasteiger partial charge in [0.2, 0.25) is 0 Å². The molecule has 2 aromatic rings. The fraction of sp³-hybridized carbons (Fsp3) is 0.200. The number of aromatic nitrogens is 2. The van der Waals surface area contributed by atoms with Gasteiger partial charge < -0.3 is 4.74 Å². The van der Waals surface area contributed by atoms with E-state index in [-0.39, 0.29) is 5.78 Å². The number of ketones is 1. The SMILES string of the molecule is COc1ccn2ncc(C(C)=O)c2c1. The van der Waals surface area contributed by atoms with Gasteiger partial charge in [-0.3, -0.25) is 4.79 Å². The van der Waals surface area contributed by atoms with Crippen molar-refractivity contribution < 1.29 is 9.53 Å². The molecule has 2 heterocycles. The topological polar surface area (TPSA) is 43.6 Å². The number of fused-ring (bicyclic) bond motifs is 1. The summed E-state index contributed by atoms with van der Waals surface area (Å²) in [7, 11) is 1.59. The normalized spacial score (nSPS) is 10.4. The predicted molar refractivity (Wildman–Crippen MR) is 51.7 cm³/mol. The first-order chi connectivity index (χ1) is 6.72. The number of methoxy groups -OCH3 is 1. The number of hydrogen-bond donors (Lipinski definition) is 0. The first-order valence-corrected chi connectivity index (χ1v) is 4.24. The second kappa shape index (κ2) is 3.14. The molecule has 0 aliphatic rings. The third kappa shape index (κ3) is 1.25. The fourth-order valence-corrected chi connectivity index (χ4v) is 1.36. The van der Waals surface area contributed by atoms with E-state index in [1.807, 2.05) is 0 Å². The van der Waals surface area contributed by atoms with E-state index in [2.05, 4.69) is 5.10 Å². The molecule has 0 spiro atoms. The van der Waals surface area contributed by atoms with E-state index in [0.29, 0.717) is 5.56 Å². The lowest BCUT2D eigenvalue weighted by molar-refractivity contribution is 0.101. The number of ether oxygens (including phenoxy) is 1. The Balaban J connectivity index is 2.69. The molecule has 0 radical (unpaired) electrons. The maximum Gasteiger partial charge on any atom is 0.163 e. The second-order valence-electron chi connectivity index (χ2n) is 3.01. The molecule has 14 heavy (non-hydrogen) atoms. The van der Waals surface area contributed by atoms with Crippen molar-refractivity contribution in [1.29, 1.82) is 0 Å². The lowest BCUT2D eigenvalue weighted by Gasteiger charge is -2.00. The third-order valence-corrected chi connectivity index (χ3v) is 2.11. The van der Waals surface area contributed by atoms with Gasteiger partial charge in [-0.1, -0.05) is 0 Å². The van der Waals surface area contributed by atoms with Crippen LogP contribution in [-0.2, 0) is 0 Å². The largest absolute Gasteiger partial charge is 0.497 e. The van der Waals surface area contributed by atoms with Crippen LogP contribution in [0.5, 0.6) is 5.75 Å². The molecule has 0 saturated carbocycles. The Labute approximate surface area is 81.1 Å². The zero-order chi connectivity index (χ0) is 10.1. The summed E-state index contributed by atoms with van der Waals surface area (Å²) >= 11 is 0. The van der Waals surface area contributed by atoms with Crippen LogP contribution in [0.15, 0.2) is 24.5 Å². The van der Waals surface area contributed by atoms with Gasteiger partial charge in [-0.15, -0.1) is 0 Å². The van der Waals surface area contributed by atoms with E-state index in [4.69, 9.17) is 4.74 Å². The Hall–Kier alpha value is -1.84. The minimum absolute atomic E-state index is 0.00764. The van der Waals surface area contributed by atoms with Gasteiger partial charge in [-0.05, 0) is 13.0 Å². The Kier molecular flexibility index (Phi) is 1.96. The van der Waals surface area contributed by atoms with Gasteiger partial charge in [0.15, 0.2) is 5.78 Å². The Morgan fingerprint density at radius 1 is 1.57 bits per heavy atom. The maximum absolute atomic E-state index is 11.2. The summed E-state index contributed by atoms with van der Waals surface area (Å²) in [6.45, 7) is 1.52. The number of hydrogen-bond acceptors (Lipinski definition) is 3. The summed E-state index contributed by atoms with van der Waals surface area (Å²) in [5.74, 6) is 0.730. The molecule has 72 valence electrons. The highest BCUT2D eigenvalue weighted by Gasteiger charge is 2.08. The molecular formula is C10H10N2O2. The number of rotatable bonds is 2. The van der Waals surface area contributed by atoms with Gasteiger partial charge >= 0.3 is 0 Å². The van der Waals surface area contributed by atoms with Crippen molar-refractivity contribution in [2.45, 2.75) is 6.92 Å². The minimum Gasteiger partial charge on any atom is -0.497 e. The summed E-state index contributed by atoms with van der Waals surface area (Å²) in [5, 5.41) is 4.06. The molecule has 0 N–H and O–H groups in total. The van der Waals surface area contributed by atoms with E-state index in [0.717, 1.165) is 11.3 Å². The second-order valence-corrected chi connectivity index (χ2v) is 3.01. The first-order valence-electron chi connectivity index (χ1n) is 4.24. The molecule has 0 atom stereocenters. The van der Waals surface area contributed by atoms with Crippen LogP contribution >= 0.6 is 0 Å². The van der Waals surface area contributed by atoms with Crippen LogP contribution in [-0.4, -0.2) is 22.5 Å². The van der Waals surface area contributed by atoms with Crippen LogP contribution in [0.2, 0.25) is 0 Å². The van der Waals surface area contributed by atoms with Crippen molar-refractivity contribution in [3.8, 4) is 5.75 Å². The minimum atomic E-state index is 0.00764.